The van der Waals surface area contributed by atoms with Crippen molar-refractivity contribution in [2.45, 2.75) is 191 Å². The van der Waals surface area contributed by atoms with Crippen LogP contribution in [0.5, 0.6) is 0 Å². The molecule has 3 aromatic carbocycles. The van der Waals surface area contributed by atoms with Gasteiger partial charge in [0.25, 0.3) is 0 Å². The summed E-state index contributed by atoms with van der Waals surface area (Å²) in [4.78, 5) is 5.31. The van der Waals surface area contributed by atoms with Gasteiger partial charge in [-0.25, -0.2) is 0 Å². The quantitative estimate of drug-likeness (QED) is 0.0373. The van der Waals surface area contributed by atoms with Crippen molar-refractivity contribution in [3.05, 3.63) is 165 Å². The zero-order chi connectivity index (χ0) is 51.1. The predicted octanol–water partition coefficient (Wildman–Crippen LogP) is 19.3. The van der Waals surface area contributed by atoms with E-state index in [1.165, 1.54) is 187 Å². The molecule has 71 heavy (non-hydrogen) atoms. The summed E-state index contributed by atoms with van der Waals surface area (Å²) in [7, 11) is 0. The van der Waals surface area contributed by atoms with E-state index in [0.717, 1.165) is 58.2 Å². The summed E-state index contributed by atoms with van der Waals surface area (Å²) < 4.78 is 0. The van der Waals surface area contributed by atoms with E-state index in [0.29, 0.717) is 0 Å². The first-order valence-corrected chi connectivity index (χ1v) is 28.3. The van der Waals surface area contributed by atoms with Crippen LogP contribution in [0.2, 0.25) is 0 Å². The predicted molar refractivity (Wildman–Crippen MR) is 319 cm³/mol. The average Bonchev–Trinajstić information content (AvgIpc) is 3.34. The lowest BCUT2D eigenvalue weighted by Gasteiger charge is -2.34. The van der Waals surface area contributed by atoms with E-state index >= 15 is 0 Å². The van der Waals surface area contributed by atoms with Crippen LogP contribution >= 0.6 is 0 Å². The minimum Gasteiger partial charge on any atom is -0.313 e. The van der Waals surface area contributed by atoms with Gasteiger partial charge >= 0.3 is 0 Å². The highest BCUT2D eigenvalue weighted by Crippen LogP contribution is 2.28. The summed E-state index contributed by atoms with van der Waals surface area (Å²) in [6.07, 6.45) is 43.3. The van der Waals surface area contributed by atoms with Crippen LogP contribution in [-0.2, 0) is 6.54 Å². The maximum absolute atomic E-state index is 3.78. The Balaban J connectivity index is 0.978. The Bertz CT molecular complexity index is 2250. The van der Waals surface area contributed by atoms with Crippen LogP contribution in [0.3, 0.4) is 0 Å². The molecule has 0 aliphatic carbocycles. The van der Waals surface area contributed by atoms with Gasteiger partial charge in [0.1, 0.15) is 0 Å². The third-order valence-electron chi connectivity index (χ3n) is 14.7. The Hall–Kier alpha value is -4.28. The molecule has 0 spiro atoms. The molecule has 3 nitrogen and oxygen atoms in total. The van der Waals surface area contributed by atoms with Crippen molar-refractivity contribution in [2.24, 2.45) is 0 Å². The summed E-state index contributed by atoms with van der Waals surface area (Å²) in [5.74, 6) is 0. The Kier molecular flexibility index (Phi) is 29.2. The van der Waals surface area contributed by atoms with E-state index in [-0.39, 0.29) is 0 Å². The molecule has 3 aromatic rings. The topological polar surface area (TPSA) is 18.5 Å². The number of hydrogen-bond donors (Lipinski definition) is 1. The normalized spacial score (nSPS) is 15.7. The van der Waals surface area contributed by atoms with E-state index in [1.807, 2.05) is 0 Å². The fourth-order valence-corrected chi connectivity index (χ4v) is 9.81. The van der Waals surface area contributed by atoms with Gasteiger partial charge < -0.3 is 10.2 Å². The Labute approximate surface area is 436 Å². The number of rotatable bonds is 33. The van der Waals surface area contributed by atoms with Crippen molar-refractivity contribution in [1.29, 1.82) is 0 Å². The molecule has 0 radical (unpaired) electrons. The highest BCUT2D eigenvalue weighted by Gasteiger charge is 2.15. The number of nitrogens with zero attached hydrogens (tertiary/aromatic N) is 2. The van der Waals surface area contributed by atoms with Crippen LogP contribution in [0, 0.1) is 0 Å². The van der Waals surface area contributed by atoms with Gasteiger partial charge in [-0.3, -0.25) is 4.90 Å². The number of piperazine rings is 1. The highest BCUT2D eigenvalue weighted by atomic mass is 15.3. The zero-order valence-corrected chi connectivity index (χ0v) is 47.2. The van der Waals surface area contributed by atoms with E-state index in [4.69, 9.17) is 0 Å². The molecular weight excluding hydrogens is 859 g/mol. The largest absolute Gasteiger partial charge is 0.313 e. The van der Waals surface area contributed by atoms with Crippen molar-refractivity contribution in [3.63, 3.8) is 0 Å². The van der Waals surface area contributed by atoms with Crippen LogP contribution in [0.1, 0.15) is 190 Å². The van der Waals surface area contributed by atoms with Gasteiger partial charge in [0.05, 0.1) is 0 Å². The molecule has 1 aliphatic heterocycles. The molecular formula is C68H101N3. The summed E-state index contributed by atoms with van der Waals surface area (Å²) in [5, 5.41) is 9.19. The molecule has 1 saturated heterocycles. The number of nitrogens with one attached hydrogen (secondary N) is 1. The lowest BCUT2D eigenvalue weighted by atomic mass is 9.97. The minimum atomic E-state index is 0.925. The molecule has 0 unspecified atom stereocenters. The molecule has 1 aliphatic rings. The van der Waals surface area contributed by atoms with Crippen LogP contribution < -0.4 is 5.32 Å². The molecule has 0 bridgehead atoms. The number of unbranched alkanes of at least 4 members (excludes halogenated alkanes) is 1. The molecule has 0 saturated carbocycles. The van der Waals surface area contributed by atoms with Crippen molar-refractivity contribution in [2.75, 3.05) is 45.8 Å². The zero-order valence-electron chi connectivity index (χ0n) is 47.2. The number of hydrogen-bond acceptors (Lipinski definition) is 3. The van der Waals surface area contributed by atoms with Gasteiger partial charge in [0, 0.05) is 39.3 Å². The fourth-order valence-electron chi connectivity index (χ4n) is 9.81. The molecule has 1 N–H and O–H groups in total. The van der Waals surface area contributed by atoms with E-state index in [1.54, 1.807) is 0 Å². The lowest BCUT2D eigenvalue weighted by Crippen LogP contribution is -2.46. The second-order valence-corrected chi connectivity index (χ2v) is 21.8. The van der Waals surface area contributed by atoms with Crippen LogP contribution in [0.25, 0.3) is 21.5 Å². The van der Waals surface area contributed by atoms with Crippen molar-refractivity contribution < 1.29 is 0 Å². The summed E-state index contributed by atoms with van der Waals surface area (Å²) in [6.45, 7) is 31.9. The lowest BCUT2D eigenvalue weighted by molar-refractivity contribution is 0.140. The first-order chi connectivity index (χ1) is 34.4. The first-order valence-electron chi connectivity index (χ1n) is 28.3. The highest BCUT2D eigenvalue weighted by molar-refractivity contribution is 6.02. The smallest absolute Gasteiger partial charge is 0.0217 e. The molecule has 0 atom stereocenters. The molecule has 0 aromatic heterocycles. The van der Waals surface area contributed by atoms with E-state index < -0.39 is 0 Å². The summed E-state index contributed by atoms with van der Waals surface area (Å²) >= 11 is 0. The van der Waals surface area contributed by atoms with Gasteiger partial charge in [0.15, 0.2) is 0 Å². The minimum absolute atomic E-state index is 0.925. The third-order valence-corrected chi connectivity index (χ3v) is 14.7. The Morgan fingerprint density at radius 3 is 1.13 bits per heavy atom. The molecule has 4 rings (SSSR count). The number of benzene rings is 3. The van der Waals surface area contributed by atoms with Gasteiger partial charge in [-0.05, 0) is 231 Å². The van der Waals surface area contributed by atoms with E-state index in [9.17, 15) is 0 Å². The second-order valence-electron chi connectivity index (χ2n) is 21.8. The van der Waals surface area contributed by atoms with Gasteiger partial charge in [-0.1, -0.05) is 153 Å². The maximum atomic E-state index is 3.78. The molecule has 1 heterocycles. The van der Waals surface area contributed by atoms with Crippen molar-refractivity contribution in [1.82, 2.24) is 15.1 Å². The standard InChI is InChI=1S/C68H101N3/c1-55(2)25-17-26-56(3)27-18-28-57(4)29-19-30-58(5)31-20-32-59(6)33-21-34-60(7)35-22-36-61(8)37-23-38-62(9)39-24-40-63(10)45-48-71-51-49-70(50-52-71)47-16-15-46-69-54-68-66-43-13-11-41-64(66)53-65-42-12-14-44-67(65)68/h11-14,25,27,29,31,33,35,37,39,41-45,53,69H,15-24,26,28,30,32,34,36,38,40,46-52,54H2,1-10H3/b56-27+,57-29+,58-31+,59-33+,60-35+,61-37+,62-39+,63-45+. The van der Waals surface area contributed by atoms with Gasteiger partial charge in [-0.15, -0.1) is 0 Å². The Morgan fingerprint density at radius 1 is 0.408 bits per heavy atom. The molecule has 0 amide bonds. The van der Waals surface area contributed by atoms with Crippen LogP contribution in [0.4, 0.5) is 0 Å². The van der Waals surface area contributed by atoms with Gasteiger partial charge in [0.2, 0.25) is 0 Å². The third kappa shape index (κ3) is 25.8. The first kappa shape index (κ1) is 59.3. The monoisotopic (exact) mass is 960 g/mol. The SMILES string of the molecule is CC(C)=CCC/C(C)=C/CC/C(C)=C/CC/C(C)=C/CC/C(C)=C/CC/C(C)=C/CC/C(C)=C/CC/C(C)=C/CC/C(C)=C/CN1CCN(CCCCNCc2c3ccccc3cc3ccccc23)CC1. The second kappa shape index (κ2) is 35.0. The Morgan fingerprint density at radius 2 is 0.746 bits per heavy atom. The van der Waals surface area contributed by atoms with Crippen LogP contribution in [0.15, 0.2) is 159 Å². The molecule has 3 heteroatoms. The number of fused-ring (bicyclic) bond motifs is 2. The molecule has 1 fully saturated rings. The summed E-state index contributed by atoms with van der Waals surface area (Å²) in [6, 6.07) is 20.0. The van der Waals surface area contributed by atoms with E-state index in [2.05, 4.69) is 194 Å². The maximum Gasteiger partial charge on any atom is 0.0217 e. The number of allylic oxidation sites excluding steroid dienone is 17. The van der Waals surface area contributed by atoms with Crippen molar-refractivity contribution >= 4 is 21.5 Å². The fraction of sp³-hybridized carbons (Fsp3) is 0.529. The molecule has 388 valence electrons. The van der Waals surface area contributed by atoms with Crippen molar-refractivity contribution in [3.8, 4) is 0 Å². The average molecular weight is 961 g/mol. The van der Waals surface area contributed by atoms with Gasteiger partial charge in [-0.2, -0.15) is 0 Å². The summed E-state index contributed by atoms with van der Waals surface area (Å²) in [5.41, 5.74) is 15.1. The van der Waals surface area contributed by atoms with Crippen LogP contribution in [-0.4, -0.2) is 55.6 Å².